The van der Waals surface area contributed by atoms with Crippen LogP contribution in [-0.2, 0) is 18.4 Å². The van der Waals surface area contributed by atoms with Crippen molar-refractivity contribution in [3.63, 3.8) is 0 Å². The van der Waals surface area contributed by atoms with Gasteiger partial charge in [-0.1, -0.05) is 35.9 Å². The molecule has 1 N–H and O–H groups in total. The third-order valence-electron chi connectivity index (χ3n) is 4.79. The fourth-order valence-electron chi connectivity index (χ4n) is 3.33. The van der Waals surface area contributed by atoms with Crippen LogP contribution in [0.3, 0.4) is 0 Å². The van der Waals surface area contributed by atoms with Crippen LogP contribution in [0, 0.1) is 0 Å². The van der Waals surface area contributed by atoms with Gasteiger partial charge in [0.2, 0.25) is 5.91 Å². The zero-order chi connectivity index (χ0) is 21.3. The second-order valence-corrected chi connectivity index (χ2v) is 7.20. The van der Waals surface area contributed by atoms with Crippen molar-refractivity contribution in [3.8, 4) is 16.9 Å². The van der Waals surface area contributed by atoms with E-state index in [1.54, 1.807) is 43.0 Å². The molecule has 0 unspecified atom stereocenters. The topological polar surface area (TPSA) is 78.1 Å². The van der Waals surface area contributed by atoms with Crippen molar-refractivity contribution in [3.05, 3.63) is 76.4 Å². The number of para-hydroxylation sites is 1. The number of benzene rings is 2. The van der Waals surface area contributed by atoms with Crippen LogP contribution in [0.25, 0.3) is 22.2 Å². The number of hydrogen-bond acceptors (Lipinski definition) is 4. The second-order valence-electron chi connectivity index (χ2n) is 6.79. The van der Waals surface area contributed by atoms with E-state index in [0.29, 0.717) is 27.5 Å². The van der Waals surface area contributed by atoms with Gasteiger partial charge in [0.1, 0.15) is 23.3 Å². The summed E-state index contributed by atoms with van der Waals surface area (Å²) < 4.78 is 8.30. The van der Waals surface area contributed by atoms with E-state index in [2.05, 4.69) is 10.3 Å². The lowest BCUT2D eigenvalue weighted by Crippen LogP contribution is -2.28. The highest BCUT2D eigenvalue weighted by molar-refractivity contribution is 6.33. The van der Waals surface area contributed by atoms with Gasteiger partial charge in [-0.25, -0.2) is 4.98 Å². The zero-order valence-corrected chi connectivity index (χ0v) is 17.2. The lowest BCUT2D eigenvalue weighted by atomic mass is 10.1. The number of methoxy groups -OCH3 is 1. The van der Waals surface area contributed by atoms with Gasteiger partial charge in [0, 0.05) is 18.8 Å². The first kappa shape index (κ1) is 19.7. The summed E-state index contributed by atoms with van der Waals surface area (Å²) in [6, 6.07) is 14.5. The van der Waals surface area contributed by atoms with Gasteiger partial charge in [-0.15, -0.1) is 0 Å². The smallest absolute Gasteiger partial charge is 0.278 e. The summed E-state index contributed by atoms with van der Waals surface area (Å²) in [5.74, 6) is 0.350. The number of ether oxygens (including phenoxy) is 1. The van der Waals surface area contributed by atoms with E-state index in [4.69, 9.17) is 16.3 Å². The monoisotopic (exact) mass is 422 g/mol. The van der Waals surface area contributed by atoms with Crippen LogP contribution in [0.15, 0.2) is 65.8 Å². The van der Waals surface area contributed by atoms with Gasteiger partial charge in [0.25, 0.3) is 5.56 Å². The lowest BCUT2D eigenvalue weighted by Gasteiger charge is -2.09. The van der Waals surface area contributed by atoms with Crippen LogP contribution in [0.5, 0.6) is 5.75 Å². The highest BCUT2D eigenvalue weighted by Gasteiger charge is 2.16. The number of nitrogens with zero attached hydrogens (tertiary/aromatic N) is 3. The highest BCUT2D eigenvalue weighted by Crippen LogP contribution is 2.29. The lowest BCUT2D eigenvalue weighted by molar-refractivity contribution is -0.116. The van der Waals surface area contributed by atoms with Crippen molar-refractivity contribution in [1.29, 1.82) is 0 Å². The van der Waals surface area contributed by atoms with Crippen LogP contribution in [0.1, 0.15) is 0 Å². The standard InChI is InChI=1S/C22H19ClN4O3/c1-26-11-16(14-6-5-7-15(10-14)30-2)20-21(26)22(29)27(13-24-20)12-19(28)25-18-9-4-3-8-17(18)23/h3-11,13H,12H2,1-2H3,(H,25,28). The van der Waals surface area contributed by atoms with Crippen LogP contribution in [-0.4, -0.2) is 27.1 Å². The molecule has 4 aromatic rings. The summed E-state index contributed by atoms with van der Waals surface area (Å²) >= 11 is 6.08. The molecule has 0 aliphatic heterocycles. The molecule has 2 heterocycles. The zero-order valence-electron chi connectivity index (χ0n) is 16.4. The Kier molecular flexibility index (Phi) is 5.29. The van der Waals surface area contributed by atoms with Crippen molar-refractivity contribution in [2.75, 3.05) is 12.4 Å². The summed E-state index contributed by atoms with van der Waals surface area (Å²) in [6.07, 6.45) is 3.24. The molecule has 0 aliphatic rings. The molecule has 0 spiro atoms. The van der Waals surface area contributed by atoms with Crippen LogP contribution in [0.2, 0.25) is 5.02 Å². The molecule has 0 bridgehead atoms. The Bertz CT molecular complexity index is 1310. The Morgan fingerprint density at radius 2 is 2.00 bits per heavy atom. The predicted molar refractivity (Wildman–Crippen MR) is 117 cm³/mol. The highest BCUT2D eigenvalue weighted by atomic mass is 35.5. The number of anilines is 1. The molecule has 1 amide bonds. The van der Waals surface area contributed by atoms with E-state index in [0.717, 1.165) is 11.1 Å². The summed E-state index contributed by atoms with van der Waals surface area (Å²) in [5, 5.41) is 3.14. The van der Waals surface area contributed by atoms with Gasteiger partial charge >= 0.3 is 0 Å². The summed E-state index contributed by atoms with van der Waals surface area (Å²) in [4.78, 5) is 29.9. The fourth-order valence-corrected chi connectivity index (χ4v) is 3.52. The number of nitrogens with one attached hydrogen (secondary N) is 1. The number of carbonyl (C=O) groups excluding carboxylic acids is 1. The Morgan fingerprint density at radius 3 is 2.77 bits per heavy atom. The first-order chi connectivity index (χ1) is 14.5. The quantitative estimate of drug-likeness (QED) is 0.532. The maximum absolute atomic E-state index is 13.0. The van der Waals surface area contributed by atoms with E-state index in [1.807, 2.05) is 30.5 Å². The molecular weight excluding hydrogens is 404 g/mol. The van der Waals surface area contributed by atoms with E-state index in [9.17, 15) is 9.59 Å². The average Bonchev–Trinajstić information content (AvgIpc) is 3.09. The minimum Gasteiger partial charge on any atom is -0.497 e. The maximum Gasteiger partial charge on any atom is 0.278 e. The predicted octanol–water partition coefficient (Wildman–Crippen LogP) is 3.70. The average molecular weight is 423 g/mol. The summed E-state index contributed by atoms with van der Waals surface area (Å²) in [5.41, 5.74) is 2.88. The van der Waals surface area contributed by atoms with Crippen molar-refractivity contribution < 1.29 is 9.53 Å². The fraction of sp³-hybridized carbons (Fsp3) is 0.136. The molecule has 0 aliphatic carbocycles. The molecule has 0 saturated carbocycles. The van der Waals surface area contributed by atoms with Crippen molar-refractivity contribution in [2.24, 2.45) is 7.05 Å². The van der Waals surface area contributed by atoms with Gasteiger partial charge < -0.3 is 14.6 Å². The van der Waals surface area contributed by atoms with Crippen LogP contribution >= 0.6 is 11.6 Å². The Morgan fingerprint density at radius 1 is 1.20 bits per heavy atom. The number of aryl methyl sites for hydroxylation is 1. The molecule has 0 saturated heterocycles. The minimum atomic E-state index is -0.367. The first-order valence-corrected chi connectivity index (χ1v) is 9.59. The van der Waals surface area contributed by atoms with Gasteiger partial charge in [0.05, 0.1) is 24.1 Å². The SMILES string of the molecule is COc1cccc(-c2cn(C)c3c(=O)n(CC(=O)Nc4ccccc4Cl)cnc23)c1. The number of fused-ring (bicyclic) bond motifs is 1. The number of hydrogen-bond donors (Lipinski definition) is 1. The molecule has 0 radical (unpaired) electrons. The molecule has 152 valence electrons. The summed E-state index contributed by atoms with van der Waals surface area (Å²) in [7, 11) is 3.38. The molecule has 8 heteroatoms. The van der Waals surface area contributed by atoms with E-state index >= 15 is 0 Å². The number of amides is 1. The van der Waals surface area contributed by atoms with E-state index < -0.39 is 0 Å². The largest absolute Gasteiger partial charge is 0.497 e. The van der Waals surface area contributed by atoms with Crippen LogP contribution < -0.4 is 15.6 Å². The van der Waals surface area contributed by atoms with Gasteiger partial charge in [0.15, 0.2) is 0 Å². The Balaban J connectivity index is 1.68. The van der Waals surface area contributed by atoms with E-state index in [-0.39, 0.29) is 18.0 Å². The third-order valence-corrected chi connectivity index (χ3v) is 5.12. The van der Waals surface area contributed by atoms with Gasteiger partial charge in [-0.2, -0.15) is 0 Å². The van der Waals surface area contributed by atoms with Gasteiger partial charge in [-0.05, 0) is 29.8 Å². The van der Waals surface area contributed by atoms with Crippen molar-refractivity contribution >= 4 is 34.2 Å². The van der Waals surface area contributed by atoms with Gasteiger partial charge in [-0.3, -0.25) is 14.2 Å². The molecule has 0 fully saturated rings. The summed E-state index contributed by atoms with van der Waals surface area (Å²) in [6.45, 7) is -0.174. The van der Waals surface area contributed by atoms with Crippen LogP contribution in [0.4, 0.5) is 5.69 Å². The normalized spacial score (nSPS) is 10.9. The number of rotatable bonds is 5. The Hall–Kier alpha value is -3.58. The maximum atomic E-state index is 13.0. The number of carbonyl (C=O) groups is 1. The molecule has 30 heavy (non-hydrogen) atoms. The molecule has 0 atom stereocenters. The minimum absolute atomic E-state index is 0.174. The molecule has 4 rings (SSSR count). The second kappa shape index (κ2) is 8.04. The molecule has 7 nitrogen and oxygen atoms in total. The molecule has 2 aromatic heterocycles. The number of aromatic nitrogens is 3. The molecule has 2 aromatic carbocycles. The Labute approximate surface area is 177 Å². The number of halogens is 1. The third kappa shape index (κ3) is 3.67. The van der Waals surface area contributed by atoms with E-state index in [1.165, 1.54) is 10.9 Å². The van der Waals surface area contributed by atoms with Crippen molar-refractivity contribution in [2.45, 2.75) is 6.54 Å². The van der Waals surface area contributed by atoms with Crippen molar-refractivity contribution in [1.82, 2.24) is 14.1 Å². The molecular formula is C22H19ClN4O3. The first-order valence-electron chi connectivity index (χ1n) is 9.21.